The first kappa shape index (κ1) is 13.2. The third-order valence-corrected chi connectivity index (χ3v) is 4.28. The van der Waals surface area contributed by atoms with Crippen molar-refractivity contribution in [3.8, 4) is 0 Å². The minimum absolute atomic E-state index is 0.0124. The van der Waals surface area contributed by atoms with Gasteiger partial charge >= 0.3 is 0 Å². The predicted octanol–water partition coefficient (Wildman–Crippen LogP) is -0.920. The highest BCUT2D eigenvalue weighted by atomic mass is 16.4. The monoisotopic (exact) mass is 245 g/mol. The highest BCUT2D eigenvalue weighted by Crippen LogP contribution is 2.38. The van der Waals surface area contributed by atoms with E-state index < -0.39 is 23.4 Å². The summed E-state index contributed by atoms with van der Waals surface area (Å²) in [5.74, 6) is 0. The average molecular weight is 245 g/mol. The molecular formula is C12H23NO4. The van der Waals surface area contributed by atoms with Crippen molar-refractivity contribution in [1.29, 1.82) is 0 Å². The van der Waals surface area contributed by atoms with Gasteiger partial charge < -0.3 is 25.3 Å². The highest BCUT2D eigenvalue weighted by Gasteiger charge is 2.53. The summed E-state index contributed by atoms with van der Waals surface area (Å²) >= 11 is 0. The van der Waals surface area contributed by atoms with Gasteiger partial charge in [-0.3, -0.25) is 0 Å². The molecule has 1 saturated heterocycles. The fourth-order valence-corrected chi connectivity index (χ4v) is 2.98. The minimum atomic E-state index is -1.35. The molecule has 5 heteroatoms. The van der Waals surface area contributed by atoms with Crippen LogP contribution in [-0.2, 0) is 0 Å². The van der Waals surface area contributed by atoms with Gasteiger partial charge in [-0.15, -0.1) is 0 Å². The largest absolute Gasteiger partial charge is 0.390 e. The van der Waals surface area contributed by atoms with Crippen LogP contribution < -0.4 is 0 Å². The second kappa shape index (κ2) is 4.48. The van der Waals surface area contributed by atoms with Crippen LogP contribution in [0, 0.1) is 0 Å². The van der Waals surface area contributed by atoms with Gasteiger partial charge in [0.1, 0.15) is 5.60 Å². The van der Waals surface area contributed by atoms with Crippen molar-refractivity contribution in [3.63, 3.8) is 0 Å². The molecule has 0 bridgehead atoms. The van der Waals surface area contributed by atoms with E-state index in [2.05, 4.69) is 4.90 Å². The van der Waals surface area contributed by atoms with Gasteiger partial charge in [-0.1, -0.05) is 0 Å². The van der Waals surface area contributed by atoms with Crippen LogP contribution in [0.4, 0.5) is 0 Å². The van der Waals surface area contributed by atoms with Crippen LogP contribution in [0.2, 0.25) is 0 Å². The number of aliphatic hydroxyl groups is 4. The predicted molar refractivity (Wildman–Crippen MR) is 62.5 cm³/mol. The molecule has 2 aliphatic rings. The number of rotatable bonds is 2. The quantitative estimate of drug-likeness (QED) is 0.506. The lowest BCUT2D eigenvalue weighted by Gasteiger charge is -2.49. The fourth-order valence-electron chi connectivity index (χ4n) is 2.98. The first-order valence-corrected chi connectivity index (χ1v) is 6.37. The Kier molecular flexibility index (Phi) is 3.49. The molecule has 4 atom stereocenters. The van der Waals surface area contributed by atoms with E-state index in [1.54, 1.807) is 0 Å². The standard InChI is InChI=1S/C12H23NO4/c1-11(16)6-9(14)10(15)7-12(11,17)8-13-4-2-3-5-13/h9-10,14-17H,2-8H2,1H3. The Morgan fingerprint density at radius 3 is 2.18 bits per heavy atom. The van der Waals surface area contributed by atoms with E-state index in [9.17, 15) is 20.4 Å². The molecule has 1 aliphatic carbocycles. The molecule has 1 heterocycles. The summed E-state index contributed by atoms with van der Waals surface area (Å²) in [5.41, 5.74) is -2.69. The van der Waals surface area contributed by atoms with E-state index in [0.717, 1.165) is 25.9 Å². The second-order valence-electron chi connectivity index (χ2n) is 5.83. The molecule has 0 amide bonds. The van der Waals surface area contributed by atoms with Crippen molar-refractivity contribution >= 4 is 0 Å². The van der Waals surface area contributed by atoms with Crippen LogP contribution in [-0.4, -0.2) is 68.4 Å². The maximum Gasteiger partial charge on any atom is 0.108 e. The van der Waals surface area contributed by atoms with E-state index >= 15 is 0 Å². The van der Waals surface area contributed by atoms with Crippen molar-refractivity contribution in [1.82, 2.24) is 4.90 Å². The Hall–Kier alpha value is -0.200. The molecular weight excluding hydrogens is 222 g/mol. The van der Waals surface area contributed by atoms with E-state index in [0.29, 0.717) is 6.54 Å². The third-order valence-electron chi connectivity index (χ3n) is 4.28. The fraction of sp³-hybridized carbons (Fsp3) is 1.00. The maximum atomic E-state index is 10.6. The number of aliphatic hydroxyl groups excluding tert-OH is 2. The lowest BCUT2D eigenvalue weighted by Crippen LogP contribution is -2.65. The molecule has 4 unspecified atom stereocenters. The number of β-amino-alcohol motifs (C(OH)–C–C–N with tert-alkyl or cyclic N) is 1. The zero-order valence-electron chi connectivity index (χ0n) is 10.3. The van der Waals surface area contributed by atoms with Gasteiger partial charge in [-0.05, 0) is 32.9 Å². The van der Waals surface area contributed by atoms with Crippen molar-refractivity contribution in [3.05, 3.63) is 0 Å². The average Bonchev–Trinajstić information content (AvgIpc) is 2.67. The minimum Gasteiger partial charge on any atom is -0.390 e. The lowest BCUT2D eigenvalue weighted by molar-refractivity contribution is -0.219. The molecule has 2 rings (SSSR count). The molecule has 0 aromatic rings. The molecule has 0 spiro atoms. The Morgan fingerprint density at radius 2 is 1.59 bits per heavy atom. The second-order valence-corrected chi connectivity index (χ2v) is 5.83. The van der Waals surface area contributed by atoms with Crippen molar-refractivity contribution in [2.45, 2.75) is 56.0 Å². The molecule has 5 nitrogen and oxygen atoms in total. The summed E-state index contributed by atoms with van der Waals surface area (Å²) in [4.78, 5) is 2.11. The van der Waals surface area contributed by atoms with Crippen LogP contribution in [0.1, 0.15) is 32.6 Å². The van der Waals surface area contributed by atoms with Crippen LogP contribution in [0.15, 0.2) is 0 Å². The number of hydrogen-bond donors (Lipinski definition) is 4. The summed E-state index contributed by atoms with van der Waals surface area (Å²) in [6, 6.07) is 0. The molecule has 100 valence electrons. The van der Waals surface area contributed by atoms with Crippen LogP contribution in [0.25, 0.3) is 0 Å². The topological polar surface area (TPSA) is 84.2 Å². The number of likely N-dealkylation sites (tertiary alicyclic amines) is 1. The summed E-state index contributed by atoms with van der Waals surface area (Å²) in [7, 11) is 0. The molecule has 0 aromatic carbocycles. The molecule has 2 fully saturated rings. The van der Waals surface area contributed by atoms with Crippen LogP contribution in [0.3, 0.4) is 0 Å². The van der Waals surface area contributed by atoms with Crippen molar-refractivity contribution in [2.24, 2.45) is 0 Å². The molecule has 17 heavy (non-hydrogen) atoms. The van der Waals surface area contributed by atoms with Crippen LogP contribution >= 0.6 is 0 Å². The Morgan fingerprint density at radius 1 is 1.06 bits per heavy atom. The summed E-state index contributed by atoms with van der Waals surface area (Å²) < 4.78 is 0. The molecule has 1 saturated carbocycles. The van der Waals surface area contributed by atoms with E-state index in [-0.39, 0.29) is 12.8 Å². The van der Waals surface area contributed by atoms with Gasteiger partial charge in [0, 0.05) is 19.4 Å². The van der Waals surface area contributed by atoms with Gasteiger partial charge in [0.25, 0.3) is 0 Å². The van der Waals surface area contributed by atoms with Gasteiger partial charge in [0.05, 0.1) is 17.8 Å². The van der Waals surface area contributed by atoms with E-state index in [1.165, 1.54) is 6.92 Å². The zero-order chi connectivity index (χ0) is 12.7. The Labute approximate surface area is 102 Å². The normalized spacial score (nSPS) is 48.5. The van der Waals surface area contributed by atoms with Crippen LogP contribution in [0.5, 0.6) is 0 Å². The molecule has 1 aliphatic heterocycles. The highest BCUT2D eigenvalue weighted by molar-refractivity contribution is 5.06. The maximum absolute atomic E-state index is 10.6. The number of nitrogens with zero attached hydrogens (tertiary/aromatic N) is 1. The Balaban J connectivity index is 2.09. The SMILES string of the molecule is CC1(O)CC(O)C(O)CC1(O)CN1CCCC1. The smallest absolute Gasteiger partial charge is 0.108 e. The van der Waals surface area contributed by atoms with Gasteiger partial charge in [0.2, 0.25) is 0 Å². The van der Waals surface area contributed by atoms with Gasteiger partial charge in [-0.25, -0.2) is 0 Å². The molecule has 0 radical (unpaired) electrons. The lowest BCUT2D eigenvalue weighted by atomic mass is 9.70. The van der Waals surface area contributed by atoms with Crippen molar-refractivity contribution < 1.29 is 20.4 Å². The zero-order valence-corrected chi connectivity index (χ0v) is 10.3. The Bertz CT molecular complexity index is 278. The third kappa shape index (κ3) is 2.48. The first-order chi connectivity index (χ1) is 7.84. The van der Waals surface area contributed by atoms with E-state index in [4.69, 9.17) is 0 Å². The summed E-state index contributed by atoms with van der Waals surface area (Å²) in [5, 5.41) is 40.1. The summed E-state index contributed by atoms with van der Waals surface area (Å²) in [6.45, 7) is 3.76. The van der Waals surface area contributed by atoms with E-state index in [1.807, 2.05) is 0 Å². The first-order valence-electron chi connectivity index (χ1n) is 6.37. The summed E-state index contributed by atoms with van der Waals surface area (Å²) in [6.07, 6.45) is 0.356. The van der Waals surface area contributed by atoms with Crippen molar-refractivity contribution in [2.75, 3.05) is 19.6 Å². The van der Waals surface area contributed by atoms with Gasteiger partial charge in [0.15, 0.2) is 0 Å². The van der Waals surface area contributed by atoms with Gasteiger partial charge in [-0.2, -0.15) is 0 Å². The number of hydrogen-bond acceptors (Lipinski definition) is 5. The molecule has 0 aromatic heterocycles. The molecule has 4 N–H and O–H groups in total.